The largest absolute Gasteiger partial charge is 0.497 e. The van der Waals surface area contributed by atoms with E-state index in [2.05, 4.69) is 17.5 Å². The number of carbonyl (C=O) groups excluding carboxylic acids is 2. The number of methoxy groups -OCH3 is 1. The molecule has 2 aromatic rings. The summed E-state index contributed by atoms with van der Waals surface area (Å²) in [4.78, 5) is 24.6. The molecule has 0 bridgehead atoms. The van der Waals surface area contributed by atoms with Crippen molar-refractivity contribution < 1.29 is 23.8 Å². The first kappa shape index (κ1) is 30.9. The number of benzene rings is 2. The molecule has 0 atom stereocenters. The molecule has 0 saturated heterocycles. The highest BCUT2D eigenvalue weighted by Gasteiger charge is 2.13. The van der Waals surface area contributed by atoms with Crippen LogP contribution in [-0.4, -0.2) is 31.8 Å². The average molecular weight is 525 g/mol. The van der Waals surface area contributed by atoms with Crippen LogP contribution in [0.2, 0.25) is 0 Å². The Labute approximate surface area is 228 Å². The Balaban J connectivity index is 1.72. The number of ether oxygens (including phenoxy) is 3. The fraction of sp³-hybridized carbons (Fsp3) is 0.516. The molecule has 1 N–H and O–H groups in total. The minimum Gasteiger partial charge on any atom is -0.497 e. The number of hydrogen-bond acceptors (Lipinski definition) is 6. The number of amides is 1. The zero-order valence-electron chi connectivity index (χ0n) is 23.3. The van der Waals surface area contributed by atoms with Crippen LogP contribution in [0.5, 0.6) is 17.2 Å². The van der Waals surface area contributed by atoms with Gasteiger partial charge in [0.25, 0.3) is 0 Å². The average Bonchev–Trinajstić information content (AvgIpc) is 2.93. The Morgan fingerprint density at radius 2 is 1.45 bits per heavy atom. The summed E-state index contributed by atoms with van der Waals surface area (Å²) in [7, 11) is 1.57. The van der Waals surface area contributed by atoms with Crippen LogP contribution in [0.4, 0.5) is 0 Å². The van der Waals surface area contributed by atoms with E-state index < -0.39 is 5.97 Å². The lowest BCUT2D eigenvalue weighted by molar-refractivity contribution is -0.121. The van der Waals surface area contributed by atoms with Gasteiger partial charge in [-0.3, -0.25) is 4.79 Å². The molecule has 38 heavy (non-hydrogen) atoms. The Bertz CT molecular complexity index is 988. The smallest absolute Gasteiger partial charge is 0.343 e. The molecule has 0 aliphatic heterocycles. The van der Waals surface area contributed by atoms with Gasteiger partial charge in [0.1, 0.15) is 5.75 Å². The fourth-order valence-electron chi connectivity index (χ4n) is 4.03. The van der Waals surface area contributed by atoms with Gasteiger partial charge in [0.05, 0.1) is 25.5 Å². The predicted octanol–water partition coefficient (Wildman–Crippen LogP) is 7.46. The van der Waals surface area contributed by atoms with Crippen molar-refractivity contribution in [3.8, 4) is 17.2 Å². The molecule has 0 aliphatic carbocycles. The second-order valence-corrected chi connectivity index (χ2v) is 9.34. The van der Waals surface area contributed by atoms with E-state index in [1.54, 1.807) is 55.8 Å². The van der Waals surface area contributed by atoms with E-state index in [4.69, 9.17) is 14.2 Å². The zero-order chi connectivity index (χ0) is 27.4. The van der Waals surface area contributed by atoms with Crippen molar-refractivity contribution in [2.24, 2.45) is 5.10 Å². The molecule has 0 saturated carbocycles. The second kappa shape index (κ2) is 18.8. The molecule has 0 spiro atoms. The van der Waals surface area contributed by atoms with Crippen LogP contribution in [0.25, 0.3) is 0 Å². The molecule has 0 heterocycles. The topological polar surface area (TPSA) is 86.2 Å². The number of nitrogens with one attached hydrogen (secondary N) is 1. The highest BCUT2D eigenvalue weighted by molar-refractivity contribution is 5.91. The maximum atomic E-state index is 12.5. The van der Waals surface area contributed by atoms with Crippen LogP contribution in [0.3, 0.4) is 0 Å². The molecular weight excluding hydrogens is 480 g/mol. The Kier molecular flexibility index (Phi) is 15.3. The number of carbonyl (C=O) groups is 2. The Hall–Kier alpha value is -3.35. The van der Waals surface area contributed by atoms with Crippen molar-refractivity contribution in [2.45, 2.75) is 90.9 Å². The summed E-state index contributed by atoms with van der Waals surface area (Å²) in [5.74, 6) is 0.805. The van der Waals surface area contributed by atoms with E-state index in [0.717, 1.165) is 12.8 Å². The maximum absolute atomic E-state index is 12.5. The minimum atomic E-state index is -0.496. The third-order valence-electron chi connectivity index (χ3n) is 6.21. The zero-order valence-corrected chi connectivity index (χ0v) is 23.3. The summed E-state index contributed by atoms with van der Waals surface area (Å²) >= 11 is 0. The monoisotopic (exact) mass is 524 g/mol. The molecule has 0 fully saturated rings. The van der Waals surface area contributed by atoms with E-state index in [0.29, 0.717) is 41.4 Å². The van der Waals surface area contributed by atoms with Gasteiger partial charge in [0, 0.05) is 6.42 Å². The lowest BCUT2D eigenvalue weighted by Crippen LogP contribution is -2.16. The molecule has 2 rings (SSSR count). The van der Waals surface area contributed by atoms with Gasteiger partial charge in [-0.25, -0.2) is 10.2 Å². The van der Waals surface area contributed by atoms with Crippen LogP contribution in [-0.2, 0) is 4.79 Å². The number of nitrogens with zero attached hydrogens (tertiary/aromatic N) is 1. The van der Waals surface area contributed by atoms with E-state index in [-0.39, 0.29) is 5.91 Å². The SMILES string of the molecule is CCCCCCCCCCCCCC(=O)NN=Cc1ccc(OC(=O)c2ccc(OC)cc2)c(OCC)c1. The standard InChI is InChI=1S/C31H44N2O5/c1-4-6-7-8-9-10-11-12-13-14-15-16-30(34)33-32-24-25-17-22-28(29(23-25)37-5-2)38-31(35)26-18-20-27(36-3)21-19-26/h17-24H,4-16H2,1-3H3,(H,33,34). The second-order valence-electron chi connectivity index (χ2n) is 9.34. The third kappa shape index (κ3) is 12.3. The maximum Gasteiger partial charge on any atom is 0.343 e. The summed E-state index contributed by atoms with van der Waals surface area (Å²) in [5, 5.41) is 4.07. The van der Waals surface area contributed by atoms with Crippen LogP contribution < -0.4 is 19.6 Å². The summed E-state index contributed by atoms with van der Waals surface area (Å²) < 4.78 is 16.3. The van der Waals surface area contributed by atoms with Gasteiger partial charge in [0.15, 0.2) is 11.5 Å². The first-order chi connectivity index (χ1) is 18.6. The normalized spacial score (nSPS) is 10.9. The quantitative estimate of drug-likeness (QED) is 0.0677. The summed E-state index contributed by atoms with van der Waals surface area (Å²) in [6.07, 6.45) is 15.8. The van der Waals surface area contributed by atoms with Crippen molar-refractivity contribution >= 4 is 18.1 Å². The first-order valence-electron chi connectivity index (χ1n) is 14.0. The van der Waals surface area contributed by atoms with E-state index in [9.17, 15) is 9.59 Å². The molecule has 0 unspecified atom stereocenters. The molecule has 2 aromatic carbocycles. The van der Waals surface area contributed by atoms with Crippen LogP contribution >= 0.6 is 0 Å². The van der Waals surface area contributed by atoms with Gasteiger partial charge in [-0.05, 0) is 61.4 Å². The predicted molar refractivity (Wildman–Crippen MR) is 152 cm³/mol. The van der Waals surface area contributed by atoms with Gasteiger partial charge in [-0.15, -0.1) is 0 Å². The van der Waals surface area contributed by atoms with Gasteiger partial charge in [0.2, 0.25) is 5.91 Å². The summed E-state index contributed by atoms with van der Waals surface area (Å²) in [6.45, 7) is 4.51. The van der Waals surface area contributed by atoms with Crippen molar-refractivity contribution in [3.63, 3.8) is 0 Å². The summed E-state index contributed by atoms with van der Waals surface area (Å²) in [6, 6.07) is 11.8. The molecule has 1 amide bonds. The van der Waals surface area contributed by atoms with Crippen LogP contribution in [0, 0.1) is 0 Å². The first-order valence-corrected chi connectivity index (χ1v) is 14.0. The Morgan fingerprint density at radius 1 is 0.816 bits per heavy atom. The molecule has 0 aliphatic rings. The van der Waals surface area contributed by atoms with Crippen LogP contribution in [0.15, 0.2) is 47.6 Å². The van der Waals surface area contributed by atoms with Crippen molar-refractivity contribution in [1.82, 2.24) is 5.43 Å². The highest BCUT2D eigenvalue weighted by atomic mass is 16.6. The number of esters is 1. The van der Waals surface area contributed by atoms with E-state index >= 15 is 0 Å². The molecule has 7 heteroatoms. The molecule has 208 valence electrons. The van der Waals surface area contributed by atoms with Gasteiger partial charge >= 0.3 is 5.97 Å². The minimum absolute atomic E-state index is 0.0905. The van der Waals surface area contributed by atoms with Crippen molar-refractivity contribution in [1.29, 1.82) is 0 Å². The number of unbranched alkanes of at least 4 members (excludes halogenated alkanes) is 10. The Morgan fingerprint density at radius 3 is 2.05 bits per heavy atom. The number of hydrazone groups is 1. The fourth-order valence-corrected chi connectivity index (χ4v) is 4.03. The van der Waals surface area contributed by atoms with Gasteiger partial charge < -0.3 is 14.2 Å². The van der Waals surface area contributed by atoms with Gasteiger partial charge in [-0.2, -0.15) is 5.10 Å². The lowest BCUT2D eigenvalue weighted by Gasteiger charge is -2.11. The third-order valence-corrected chi connectivity index (χ3v) is 6.21. The van der Waals surface area contributed by atoms with Crippen molar-refractivity contribution in [3.05, 3.63) is 53.6 Å². The summed E-state index contributed by atoms with van der Waals surface area (Å²) in [5.41, 5.74) is 3.71. The molecule has 0 aromatic heterocycles. The van der Waals surface area contributed by atoms with Gasteiger partial charge in [-0.1, -0.05) is 71.1 Å². The number of rotatable bonds is 19. The van der Waals surface area contributed by atoms with Crippen LogP contribution in [0.1, 0.15) is 107 Å². The highest BCUT2D eigenvalue weighted by Crippen LogP contribution is 2.29. The van der Waals surface area contributed by atoms with E-state index in [1.807, 2.05) is 6.92 Å². The molecule has 0 radical (unpaired) electrons. The van der Waals surface area contributed by atoms with E-state index in [1.165, 1.54) is 57.8 Å². The lowest BCUT2D eigenvalue weighted by atomic mass is 10.1. The molecular formula is C31H44N2O5. The molecule has 7 nitrogen and oxygen atoms in total. The number of hydrogen-bond donors (Lipinski definition) is 1. The van der Waals surface area contributed by atoms with Crippen molar-refractivity contribution in [2.75, 3.05) is 13.7 Å².